The zero-order valence-corrected chi connectivity index (χ0v) is 9.29. The highest BCUT2D eigenvalue weighted by Gasteiger charge is 2.41. The van der Waals surface area contributed by atoms with E-state index in [-0.39, 0.29) is 17.7 Å². The second kappa shape index (κ2) is 4.08. The third kappa shape index (κ3) is 1.85. The summed E-state index contributed by atoms with van der Waals surface area (Å²) in [4.78, 5) is 11.5. The summed E-state index contributed by atoms with van der Waals surface area (Å²) in [7, 11) is 0. The summed E-state index contributed by atoms with van der Waals surface area (Å²) in [6, 6.07) is 6.17. The molecule has 0 saturated heterocycles. The van der Waals surface area contributed by atoms with E-state index in [4.69, 9.17) is 4.74 Å². The lowest BCUT2D eigenvalue weighted by atomic mass is 10.1. The third-order valence-electron chi connectivity index (χ3n) is 2.74. The molecular weight excluding hydrogens is 207 g/mol. The van der Waals surface area contributed by atoms with Gasteiger partial charge in [0.2, 0.25) is 0 Å². The minimum atomic E-state index is -0.268. The van der Waals surface area contributed by atoms with Crippen molar-refractivity contribution in [2.45, 2.75) is 13.8 Å². The molecule has 1 aliphatic carbocycles. The molecule has 0 fully saturated rings. The van der Waals surface area contributed by atoms with Crippen molar-refractivity contribution < 1.29 is 13.9 Å². The Labute approximate surface area is 93.7 Å². The van der Waals surface area contributed by atoms with Crippen molar-refractivity contribution in [1.29, 1.82) is 0 Å². The van der Waals surface area contributed by atoms with Crippen LogP contribution in [0.15, 0.2) is 29.8 Å². The van der Waals surface area contributed by atoms with Crippen molar-refractivity contribution in [3.8, 4) is 0 Å². The number of carbonyl (C=O) groups is 1. The second-order valence-electron chi connectivity index (χ2n) is 3.79. The maximum Gasteiger partial charge on any atom is 0.317 e. The van der Waals surface area contributed by atoms with E-state index in [0.717, 1.165) is 16.7 Å². The molecule has 1 aliphatic rings. The van der Waals surface area contributed by atoms with E-state index in [0.29, 0.717) is 6.61 Å². The quantitative estimate of drug-likeness (QED) is 0.732. The topological polar surface area (TPSA) is 26.3 Å². The fourth-order valence-electron chi connectivity index (χ4n) is 1.87. The molecule has 0 saturated carbocycles. The van der Waals surface area contributed by atoms with Crippen LogP contribution >= 0.6 is 0 Å². The predicted octanol–water partition coefficient (Wildman–Crippen LogP) is 2.79. The van der Waals surface area contributed by atoms with Gasteiger partial charge in [-0.15, -0.1) is 0 Å². The van der Waals surface area contributed by atoms with Crippen LogP contribution in [0.5, 0.6) is 0 Å². The summed E-state index contributed by atoms with van der Waals surface area (Å²) in [6.07, 6.45) is 0. The number of benzene rings is 1. The van der Waals surface area contributed by atoms with Gasteiger partial charge >= 0.3 is 5.97 Å². The van der Waals surface area contributed by atoms with E-state index in [1.54, 1.807) is 19.1 Å². The standard InChI is InChI=1S/C13H13FO2/c1-3-16-13(15)12-8(2)11(12)9-4-6-10(14)7-5-9/h4-7,12H,3H2,1-2H3. The smallest absolute Gasteiger partial charge is 0.317 e. The van der Waals surface area contributed by atoms with Crippen LogP contribution in [0, 0.1) is 11.7 Å². The number of hydrogen-bond acceptors (Lipinski definition) is 2. The van der Waals surface area contributed by atoms with Gasteiger partial charge in [-0.05, 0) is 42.7 Å². The highest BCUT2D eigenvalue weighted by molar-refractivity contribution is 6.03. The minimum Gasteiger partial charge on any atom is -0.465 e. The monoisotopic (exact) mass is 220 g/mol. The van der Waals surface area contributed by atoms with Crippen molar-refractivity contribution in [3.63, 3.8) is 0 Å². The molecule has 0 aliphatic heterocycles. The predicted molar refractivity (Wildman–Crippen MR) is 59.1 cm³/mol. The Kier molecular flexibility index (Phi) is 2.77. The Morgan fingerprint density at radius 2 is 2.00 bits per heavy atom. The average molecular weight is 220 g/mol. The van der Waals surface area contributed by atoms with Gasteiger partial charge in [0.15, 0.2) is 0 Å². The molecule has 0 amide bonds. The molecular formula is C13H13FO2. The van der Waals surface area contributed by atoms with E-state index in [1.807, 2.05) is 6.92 Å². The SMILES string of the molecule is CCOC(=O)C1C(C)=C1c1ccc(F)cc1. The minimum absolute atomic E-state index is 0.209. The normalized spacial score (nSPS) is 18.6. The maximum absolute atomic E-state index is 12.7. The van der Waals surface area contributed by atoms with Crippen molar-refractivity contribution in [1.82, 2.24) is 0 Å². The summed E-state index contributed by atoms with van der Waals surface area (Å²) in [5.74, 6) is -0.694. The van der Waals surface area contributed by atoms with Crippen LogP contribution in [-0.4, -0.2) is 12.6 Å². The van der Waals surface area contributed by atoms with E-state index in [1.165, 1.54) is 12.1 Å². The number of carbonyl (C=O) groups excluding carboxylic acids is 1. The molecule has 0 radical (unpaired) electrons. The summed E-state index contributed by atoms with van der Waals surface area (Å²) in [6.45, 7) is 4.08. The number of rotatable bonds is 3. The van der Waals surface area contributed by atoms with Gasteiger partial charge in [0.05, 0.1) is 6.61 Å². The fourth-order valence-corrected chi connectivity index (χ4v) is 1.87. The van der Waals surface area contributed by atoms with Crippen molar-refractivity contribution >= 4 is 11.5 Å². The zero-order valence-electron chi connectivity index (χ0n) is 9.29. The summed E-state index contributed by atoms with van der Waals surface area (Å²) in [5, 5.41) is 0. The van der Waals surface area contributed by atoms with Crippen molar-refractivity contribution in [2.75, 3.05) is 6.61 Å². The van der Waals surface area contributed by atoms with Gasteiger partial charge in [-0.1, -0.05) is 12.1 Å². The van der Waals surface area contributed by atoms with E-state index >= 15 is 0 Å². The van der Waals surface area contributed by atoms with Crippen LogP contribution in [0.4, 0.5) is 4.39 Å². The van der Waals surface area contributed by atoms with Gasteiger partial charge in [0.1, 0.15) is 11.7 Å². The van der Waals surface area contributed by atoms with Gasteiger partial charge < -0.3 is 4.74 Å². The lowest BCUT2D eigenvalue weighted by molar-refractivity contribution is -0.143. The summed E-state index contributed by atoms with van der Waals surface area (Å²) in [5.41, 5.74) is 2.89. The highest BCUT2D eigenvalue weighted by Crippen LogP contribution is 2.47. The van der Waals surface area contributed by atoms with Gasteiger partial charge in [-0.2, -0.15) is 0 Å². The van der Waals surface area contributed by atoms with Gasteiger partial charge in [-0.3, -0.25) is 4.79 Å². The van der Waals surface area contributed by atoms with Crippen LogP contribution in [-0.2, 0) is 9.53 Å². The van der Waals surface area contributed by atoms with Crippen LogP contribution in [0.3, 0.4) is 0 Å². The molecule has 2 nitrogen and oxygen atoms in total. The van der Waals surface area contributed by atoms with Crippen LogP contribution < -0.4 is 0 Å². The second-order valence-corrected chi connectivity index (χ2v) is 3.79. The number of halogens is 1. The molecule has 84 valence electrons. The number of esters is 1. The Morgan fingerprint density at radius 1 is 1.38 bits per heavy atom. The van der Waals surface area contributed by atoms with Crippen molar-refractivity contribution in [3.05, 3.63) is 41.2 Å². The Bertz CT molecular complexity index is 446. The Morgan fingerprint density at radius 3 is 2.56 bits per heavy atom. The van der Waals surface area contributed by atoms with Crippen molar-refractivity contribution in [2.24, 2.45) is 5.92 Å². The van der Waals surface area contributed by atoms with E-state index < -0.39 is 0 Å². The Balaban J connectivity index is 2.13. The molecule has 2 rings (SSSR count). The highest BCUT2D eigenvalue weighted by atomic mass is 19.1. The fraction of sp³-hybridized carbons (Fsp3) is 0.308. The number of hydrogen-bond donors (Lipinski definition) is 0. The summed E-state index contributed by atoms with van der Waals surface area (Å²) < 4.78 is 17.7. The first kappa shape index (κ1) is 10.9. The molecule has 0 spiro atoms. The summed E-state index contributed by atoms with van der Waals surface area (Å²) >= 11 is 0. The lowest BCUT2D eigenvalue weighted by Crippen LogP contribution is -2.08. The van der Waals surface area contributed by atoms with Crippen LogP contribution in [0.2, 0.25) is 0 Å². The Hall–Kier alpha value is -1.64. The lowest BCUT2D eigenvalue weighted by Gasteiger charge is -2.01. The first-order valence-electron chi connectivity index (χ1n) is 5.28. The molecule has 16 heavy (non-hydrogen) atoms. The van der Waals surface area contributed by atoms with Gasteiger partial charge in [0.25, 0.3) is 0 Å². The molecule has 0 N–H and O–H groups in total. The van der Waals surface area contributed by atoms with Gasteiger partial charge in [0, 0.05) is 0 Å². The molecule has 1 aromatic rings. The number of ether oxygens (including phenoxy) is 1. The maximum atomic E-state index is 12.7. The largest absolute Gasteiger partial charge is 0.465 e. The van der Waals surface area contributed by atoms with E-state index in [9.17, 15) is 9.18 Å². The molecule has 1 atom stereocenters. The van der Waals surface area contributed by atoms with Gasteiger partial charge in [-0.25, -0.2) is 4.39 Å². The first-order valence-corrected chi connectivity index (χ1v) is 5.28. The molecule has 1 aromatic carbocycles. The first-order chi connectivity index (χ1) is 7.65. The average Bonchev–Trinajstić information content (AvgIpc) is 2.92. The molecule has 0 aromatic heterocycles. The van der Waals surface area contributed by atoms with Crippen LogP contribution in [0.25, 0.3) is 5.57 Å². The third-order valence-corrected chi connectivity index (χ3v) is 2.74. The molecule has 3 heteroatoms. The molecule has 0 heterocycles. The molecule has 0 bridgehead atoms. The van der Waals surface area contributed by atoms with E-state index in [2.05, 4.69) is 0 Å². The zero-order chi connectivity index (χ0) is 11.7. The molecule has 1 unspecified atom stereocenters. The van der Waals surface area contributed by atoms with Crippen LogP contribution in [0.1, 0.15) is 19.4 Å².